The quantitative estimate of drug-likeness (QED) is 0.584. The van der Waals surface area contributed by atoms with Gasteiger partial charge in [-0.3, -0.25) is 9.69 Å². The first kappa shape index (κ1) is 11.9. The average molecular weight is 183 g/mol. The Kier molecular flexibility index (Phi) is 6.93. The molecule has 0 rings (SSSR count). The molecule has 0 aromatic carbocycles. The monoisotopic (exact) mass is 183 g/mol. The van der Waals surface area contributed by atoms with Gasteiger partial charge in [-0.2, -0.15) is 5.26 Å². The van der Waals surface area contributed by atoms with E-state index in [1.54, 1.807) is 0 Å². The SMILES string of the molecule is CCN(CCCCC#N)CC(N)=O. The molecule has 0 saturated carbocycles. The highest BCUT2D eigenvalue weighted by atomic mass is 16.1. The van der Waals surface area contributed by atoms with Gasteiger partial charge in [-0.1, -0.05) is 6.92 Å². The van der Waals surface area contributed by atoms with E-state index in [4.69, 9.17) is 11.0 Å². The predicted molar refractivity (Wildman–Crippen MR) is 50.8 cm³/mol. The van der Waals surface area contributed by atoms with Gasteiger partial charge in [0, 0.05) is 6.42 Å². The molecule has 0 radical (unpaired) electrons. The van der Waals surface area contributed by atoms with Gasteiger partial charge in [-0.05, 0) is 25.9 Å². The first-order valence-electron chi connectivity index (χ1n) is 4.58. The van der Waals surface area contributed by atoms with Crippen molar-refractivity contribution in [1.29, 1.82) is 5.26 Å². The zero-order chi connectivity index (χ0) is 10.1. The summed E-state index contributed by atoms with van der Waals surface area (Å²) in [6.07, 6.45) is 2.44. The Bertz CT molecular complexity index is 186. The Morgan fingerprint density at radius 2 is 2.23 bits per heavy atom. The minimum absolute atomic E-state index is 0.290. The van der Waals surface area contributed by atoms with E-state index in [9.17, 15) is 4.79 Å². The molecule has 0 spiro atoms. The van der Waals surface area contributed by atoms with E-state index in [2.05, 4.69) is 6.07 Å². The van der Waals surface area contributed by atoms with Crippen molar-refractivity contribution in [3.05, 3.63) is 0 Å². The van der Waals surface area contributed by atoms with Crippen molar-refractivity contribution in [3.63, 3.8) is 0 Å². The summed E-state index contributed by atoms with van der Waals surface area (Å²) in [5.74, 6) is -0.290. The molecule has 0 aromatic rings. The van der Waals surface area contributed by atoms with Gasteiger partial charge < -0.3 is 5.73 Å². The second-order valence-electron chi connectivity index (χ2n) is 2.95. The van der Waals surface area contributed by atoms with E-state index in [1.165, 1.54) is 0 Å². The van der Waals surface area contributed by atoms with Gasteiger partial charge in [0.25, 0.3) is 0 Å². The molecule has 0 unspecified atom stereocenters. The fourth-order valence-corrected chi connectivity index (χ4v) is 1.11. The smallest absolute Gasteiger partial charge is 0.231 e. The third kappa shape index (κ3) is 7.29. The van der Waals surface area contributed by atoms with Crippen LogP contribution in [-0.2, 0) is 4.79 Å². The summed E-state index contributed by atoms with van der Waals surface area (Å²) in [5.41, 5.74) is 5.07. The highest BCUT2D eigenvalue weighted by molar-refractivity contribution is 5.75. The standard InChI is InChI=1S/C9H17N3O/c1-2-12(8-9(11)13)7-5-3-4-6-10/h2-5,7-8H2,1H3,(H2,11,13). The lowest BCUT2D eigenvalue weighted by Gasteiger charge is -2.17. The Morgan fingerprint density at radius 1 is 1.54 bits per heavy atom. The van der Waals surface area contributed by atoms with Crippen LogP contribution in [0.5, 0.6) is 0 Å². The Hall–Kier alpha value is -1.08. The summed E-state index contributed by atoms with van der Waals surface area (Å²) in [4.78, 5) is 12.6. The van der Waals surface area contributed by atoms with Gasteiger partial charge in [0.1, 0.15) is 0 Å². The zero-order valence-corrected chi connectivity index (χ0v) is 8.12. The number of nitrogens with two attached hydrogens (primary N) is 1. The van der Waals surface area contributed by atoms with Crippen LogP contribution in [-0.4, -0.2) is 30.4 Å². The molecule has 0 saturated heterocycles. The molecule has 0 aromatic heterocycles. The molecular weight excluding hydrogens is 166 g/mol. The molecule has 2 N–H and O–H groups in total. The number of unbranched alkanes of at least 4 members (excludes halogenated alkanes) is 2. The molecule has 1 amide bonds. The van der Waals surface area contributed by atoms with E-state index < -0.39 is 0 Å². The van der Waals surface area contributed by atoms with Crippen molar-refractivity contribution >= 4 is 5.91 Å². The lowest BCUT2D eigenvalue weighted by molar-refractivity contribution is -0.119. The first-order valence-corrected chi connectivity index (χ1v) is 4.58. The highest BCUT2D eigenvalue weighted by Gasteiger charge is 2.04. The van der Waals surface area contributed by atoms with Crippen molar-refractivity contribution in [2.75, 3.05) is 19.6 Å². The summed E-state index contributed by atoms with van der Waals surface area (Å²) in [6, 6.07) is 2.09. The van der Waals surface area contributed by atoms with Crippen LogP contribution in [0.25, 0.3) is 0 Å². The largest absolute Gasteiger partial charge is 0.369 e. The van der Waals surface area contributed by atoms with E-state index in [-0.39, 0.29) is 5.91 Å². The van der Waals surface area contributed by atoms with Crippen molar-refractivity contribution in [2.24, 2.45) is 5.73 Å². The molecule has 0 aliphatic heterocycles. The van der Waals surface area contributed by atoms with Crippen molar-refractivity contribution in [2.45, 2.75) is 26.2 Å². The van der Waals surface area contributed by atoms with Crippen LogP contribution in [0.1, 0.15) is 26.2 Å². The van der Waals surface area contributed by atoms with Crippen LogP contribution < -0.4 is 5.73 Å². The number of likely N-dealkylation sites (N-methyl/N-ethyl adjacent to an activating group) is 1. The zero-order valence-electron chi connectivity index (χ0n) is 8.12. The third-order valence-corrected chi connectivity index (χ3v) is 1.84. The van der Waals surface area contributed by atoms with E-state index >= 15 is 0 Å². The molecule has 74 valence electrons. The van der Waals surface area contributed by atoms with Gasteiger partial charge in [-0.15, -0.1) is 0 Å². The van der Waals surface area contributed by atoms with Crippen LogP contribution in [0.3, 0.4) is 0 Å². The van der Waals surface area contributed by atoms with Crippen molar-refractivity contribution < 1.29 is 4.79 Å². The summed E-state index contributed by atoms with van der Waals surface area (Å²) in [6.45, 7) is 3.99. The summed E-state index contributed by atoms with van der Waals surface area (Å²) >= 11 is 0. The first-order chi connectivity index (χ1) is 6.20. The maximum Gasteiger partial charge on any atom is 0.231 e. The van der Waals surface area contributed by atoms with Crippen LogP contribution in [0, 0.1) is 11.3 Å². The number of primary amides is 1. The second-order valence-corrected chi connectivity index (χ2v) is 2.95. The molecule has 0 heterocycles. The fraction of sp³-hybridized carbons (Fsp3) is 0.778. The highest BCUT2D eigenvalue weighted by Crippen LogP contribution is 1.97. The lowest BCUT2D eigenvalue weighted by Crippen LogP contribution is -2.34. The number of nitriles is 1. The van der Waals surface area contributed by atoms with E-state index in [0.717, 1.165) is 25.9 Å². The van der Waals surface area contributed by atoms with Crippen molar-refractivity contribution in [1.82, 2.24) is 4.90 Å². The van der Waals surface area contributed by atoms with Gasteiger partial charge in [0.15, 0.2) is 0 Å². The average Bonchev–Trinajstić information content (AvgIpc) is 2.09. The number of rotatable bonds is 7. The number of hydrogen-bond donors (Lipinski definition) is 1. The number of amides is 1. The fourth-order valence-electron chi connectivity index (χ4n) is 1.11. The minimum atomic E-state index is -0.290. The molecule has 0 aliphatic rings. The van der Waals surface area contributed by atoms with E-state index in [0.29, 0.717) is 13.0 Å². The third-order valence-electron chi connectivity index (χ3n) is 1.84. The summed E-state index contributed by atoms with van der Waals surface area (Å²) in [5, 5.41) is 8.30. The Morgan fingerprint density at radius 3 is 2.69 bits per heavy atom. The number of carbonyl (C=O) groups is 1. The Labute approximate surface area is 79.3 Å². The molecule has 13 heavy (non-hydrogen) atoms. The molecule has 4 heteroatoms. The van der Waals surface area contributed by atoms with Gasteiger partial charge in [0.05, 0.1) is 12.6 Å². The minimum Gasteiger partial charge on any atom is -0.369 e. The summed E-state index contributed by atoms with van der Waals surface area (Å²) < 4.78 is 0. The summed E-state index contributed by atoms with van der Waals surface area (Å²) in [7, 11) is 0. The number of hydrogen-bond acceptors (Lipinski definition) is 3. The molecule has 0 atom stereocenters. The molecule has 0 aliphatic carbocycles. The molecular formula is C9H17N3O. The van der Waals surface area contributed by atoms with Crippen LogP contribution in [0.15, 0.2) is 0 Å². The predicted octanol–water partition coefficient (Wildman–Crippen LogP) is 0.487. The normalized spacial score (nSPS) is 9.92. The van der Waals surface area contributed by atoms with Crippen LogP contribution in [0.4, 0.5) is 0 Å². The number of carbonyl (C=O) groups excluding carboxylic acids is 1. The van der Waals surface area contributed by atoms with Crippen LogP contribution >= 0.6 is 0 Å². The molecule has 0 bridgehead atoms. The Balaban J connectivity index is 3.49. The van der Waals surface area contributed by atoms with Gasteiger partial charge in [0.2, 0.25) is 5.91 Å². The van der Waals surface area contributed by atoms with Crippen molar-refractivity contribution in [3.8, 4) is 6.07 Å². The topological polar surface area (TPSA) is 70.1 Å². The maximum atomic E-state index is 10.6. The lowest BCUT2D eigenvalue weighted by atomic mass is 10.2. The maximum absolute atomic E-state index is 10.6. The van der Waals surface area contributed by atoms with E-state index in [1.807, 2.05) is 11.8 Å². The van der Waals surface area contributed by atoms with Crippen LogP contribution in [0.2, 0.25) is 0 Å². The molecule has 4 nitrogen and oxygen atoms in total. The van der Waals surface area contributed by atoms with Gasteiger partial charge in [-0.25, -0.2) is 0 Å². The number of nitrogens with zero attached hydrogens (tertiary/aromatic N) is 2. The second kappa shape index (κ2) is 7.56. The van der Waals surface area contributed by atoms with Gasteiger partial charge >= 0.3 is 0 Å². The molecule has 0 fully saturated rings.